The van der Waals surface area contributed by atoms with E-state index in [1.54, 1.807) is 0 Å². The molecule has 0 aromatic carbocycles. The first-order valence-electron chi connectivity index (χ1n) is 3.18. The summed E-state index contributed by atoms with van der Waals surface area (Å²) < 4.78 is 0. The topological polar surface area (TPSA) is 41.5 Å². The molecule has 0 aromatic heterocycles. The molecule has 0 saturated carbocycles. The third-order valence-corrected chi connectivity index (χ3v) is 0.761. The molecule has 1 amide bonds. The van der Waals surface area contributed by atoms with Crippen molar-refractivity contribution in [1.29, 1.82) is 0 Å². The summed E-state index contributed by atoms with van der Waals surface area (Å²) >= 11 is 0. The van der Waals surface area contributed by atoms with Gasteiger partial charge in [0.15, 0.2) is 0 Å². The summed E-state index contributed by atoms with van der Waals surface area (Å²) in [6, 6.07) is 0. The molecule has 0 unspecified atom stereocenters. The highest BCUT2D eigenvalue weighted by molar-refractivity contribution is 5.79. The number of nitrogens with zero attached hydrogens (tertiary/aromatic N) is 1. The number of rotatable bonds is 3. The number of carbonyl (C=O) groups excluding carboxylic acids is 1. The Kier molecular flexibility index (Phi) is 3.88. The minimum Gasteiger partial charge on any atom is -0.311 e. The first-order chi connectivity index (χ1) is 5.02. The summed E-state index contributed by atoms with van der Waals surface area (Å²) in [5, 5.41) is 2.43. The number of carbonyl (C=O) groups is 1. The smallest absolute Gasteiger partial charge is 0.222 e. The van der Waals surface area contributed by atoms with E-state index >= 15 is 0 Å². The van der Waals surface area contributed by atoms with Gasteiger partial charge in [-0.3, -0.25) is 4.79 Å². The van der Waals surface area contributed by atoms with Crippen LogP contribution in [0.4, 0.5) is 0 Å². The van der Waals surface area contributed by atoms with Crippen LogP contribution in [0.3, 0.4) is 0 Å². The van der Waals surface area contributed by atoms with Crippen molar-refractivity contribution in [2.24, 2.45) is 4.99 Å². The Bertz CT molecular complexity index is 216. The van der Waals surface area contributed by atoms with Gasteiger partial charge in [0.1, 0.15) is 5.82 Å². The van der Waals surface area contributed by atoms with Crippen molar-refractivity contribution >= 4 is 12.1 Å². The molecule has 3 nitrogen and oxygen atoms in total. The average Bonchev–Trinajstić information content (AvgIpc) is 1.82. The second-order valence-corrected chi connectivity index (χ2v) is 2.23. The number of aliphatic imine (C=N–C) groups is 1. The maximum Gasteiger partial charge on any atom is 0.222 e. The van der Waals surface area contributed by atoms with Crippen molar-refractivity contribution in [3.63, 3.8) is 0 Å². The second-order valence-electron chi connectivity index (χ2n) is 2.23. The Morgan fingerprint density at radius 1 is 1.45 bits per heavy atom. The largest absolute Gasteiger partial charge is 0.311 e. The maximum absolute atomic E-state index is 10.4. The highest BCUT2D eigenvalue weighted by Crippen LogP contribution is 1.87. The van der Waals surface area contributed by atoms with Gasteiger partial charge in [-0.1, -0.05) is 13.2 Å². The first kappa shape index (κ1) is 9.62. The number of allylic oxidation sites excluding steroid dienone is 1. The van der Waals surface area contributed by atoms with E-state index in [0.29, 0.717) is 5.82 Å². The second kappa shape index (κ2) is 4.44. The quantitative estimate of drug-likeness (QED) is 0.607. The molecule has 0 aromatic rings. The third kappa shape index (κ3) is 6.51. The van der Waals surface area contributed by atoms with Crippen LogP contribution in [-0.4, -0.2) is 12.1 Å². The normalized spacial score (nSPS) is 9.64. The monoisotopic (exact) mass is 152 g/mol. The van der Waals surface area contributed by atoms with Crippen LogP contribution in [-0.2, 0) is 4.79 Å². The SMILES string of the molecule is C=C(C)/C=N\C(=C)NC(C)=O. The van der Waals surface area contributed by atoms with Crippen LogP contribution >= 0.6 is 0 Å². The van der Waals surface area contributed by atoms with Crippen LogP contribution in [0.2, 0.25) is 0 Å². The van der Waals surface area contributed by atoms with E-state index in [-0.39, 0.29) is 5.91 Å². The predicted octanol–water partition coefficient (Wildman–Crippen LogP) is 1.24. The molecule has 0 fully saturated rings. The fourth-order valence-corrected chi connectivity index (χ4v) is 0.424. The van der Waals surface area contributed by atoms with Crippen molar-refractivity contribution in [3.05, 3.63) is 24.6 Å². The highest BCUT2D eigenvalue weighted by atomic mass is 16.1. The molecule has 0 atom stereocenters. The summed E-state index contributed by atoms with van der Waals surface area (Å²) in [6.45, 7) is 10.3. The van der Waals surface area contributed by atoms with Gasteiger partial charge in [-0.25, -0.2) is 4.99 Å². The fourth-order valence-electron chi connectivity index (χ4n) is 0.424. The van der Waals surface area contributed by atoms with Gasteiger partial charge in [-0.15, -0.1) is 0 Å². The Balaban J connectivity index is 3.88. The lowest BCUT2D eigenvalue weighted by molar-refractivity contribution is -0.118. The van der Waals surface area contributed by atoms with E-state index in [1.807, 2.05) is 6.92 Å². The van der Waals surface area contributed by atoms with E-state index in [0.717, 1.165) is 5.57 Å². The van der Waals surface area contributed by atoms with Gasteiger partial charge in [0.2, 0.25) is 5.91 Å². The average molecular weight is 152 g/mol. The van der Waals surface area contributed by atoms with Gasteiger partial charge in [-0.05, 0) is 12.5 Å². The van der Waals surface area contributed by atoms with Crippen LogP contribution in [0.5, 0.6) is 0 Å². The van der Waals surface area contributed by atoms with Crippen molar-refractivity contribution < 1.29 is 4.79 Å². The molecule has 3 heteroatoms. The summed E-state index contributed by atoms with van der Waals surface area (Å²) in [7, 11) is 0. The molecule has 0 spiro atoms. The fraction of sp³-hybridized carbons (Fsp3) is 0.250. The van der Waals surface area contributed by atoms with Crippen LogP contribution in [0.15, 0.2) is 29.5 Å². The van der Waals surface area contributed by atoms with Gasteiger partial charge in [0, 0.05) is 13.1 Å². The highest BCUT2D eigenvalue weighted by Gasteiger charge is 1.90. The summed E-state index contributed by atoms with van der Waals surface area (Å²) in [4.78, 5) is 14.2. The summed E-state index contributed by atoms with van der Waals surface area (Å²) in [5.41, 5.74) is 0.816. The molecule has 60 valence electrons. The lowest BCUT2D eigenvalue weighted by Crippen LogP contribution is -2.16. The zero-order chi connectivity index (χ0) is 8.85. The molecular weight excluding hydrogens is 140 g/mol. The van der Waals surface area contributed by atoms with Crippen molar-refractivity contribution in [1.82, 2.24) is 5.32 Å². The van der Waals surface area contributed by atoms with Gasteiger partial charge < -0.3 is 5.32 Å². The Hall–Kier alpha value is -1.38. The Morgan fingerprint density at radius 2 is 2.00 bits per heavy atom. The van der Waals surface area contributed by atoms with E-state index in [1.165, 1.54) is 13.1 Å². The van der Waals surface area contributed by atoms with E-state index < -0.39 is 0 Å². The maximum atomic E-state index is 10.4. The first-order valence-corrected chi connectivity index (χ1v) is 3.18. The number of nitrogens with one attached hydrogen (secondary N) is 1. The lowest BCUT2D eigenvalue weighted by Gasteiger charge is -1.97. The minimum atomic E-state index is -0.172. The molecule has 0 aliphatic heterocycles. The van der Waals surface area contributed by atoms with E-state index in [4.69, 9.17) is 0 Å². The molecule has 0 bridgehead atoms. The van der Waals surface area contributed by atoms with E-state index in [9.17, 15) is 4.79 Å². The standard InChI is InChI=1S/C8H12N2O/c1-6(2)5-9-7(3)10-8(4)11/h5H,1,3H2,2,4H3,(H,10,11)/b9-5-. The zero-order valence-electron chi connectivity index (χ0n) is 6.85. The summed E-state index contributed by atoms with van der Waals surface area (Å²) in [6.07, 6.45) is 1.54. The lowest BCUT2D eigenvalue weighted by atomic mass is 10.4. The molecule has 0 aliphatic rings. The van der Waals surface area contributed by atoms with Crippen molar-refractivity contribution in [3.8, 4) is 0 Å². The third-order valence-electron chi connectivity index (χ3n) is 0.761. The van der Waals surface area contributed by atoms with Crippen molar-refractivity contribution in [2.75, 3.05) is 0 Å². The minimum absolute atomic E-state index is 0.172. The Labute approximate surface area is 66.5 Å². The summed E-state index contributed by atoms with van der Waals surface area (Å²) in [5.74, 6) is 0.161. The number of amides is 1. The molecule has 1 N–H and O–H groups in total. The van der Waals surface area contributed by atoms with Crippen LogP contribution in [0, 0.1) is 0 Å². The van der Waals surface area contributed by atoms with Gasteiger partial charge >= 0.3 is 0 Å². The molecule has 11 heavy (non-hydrogen) atoms. The predicted molar refractivity (Wildman–Crippen MR) is 46.3 cm³/mol. The molecule has 0 radical (unpaired) electrons. The molecule has 0 aliphatic carbocycles. The van der Waals surface area contributed by atoms with Crippen LogP contribution in [0.25, 0.3) is 0 Å². The van der Waals surface area contributed by atoms with Gasteiger partial charge in [0.05, 0.1) is 0 Å². The van der Waals surface area contributed by atoms with Gasteiger partial charge in [0.25, 0.3) is 0 Å². The number of hydrogen-bond donors (Lipinski definition) is 1. The Morgan fingerprint density at radius 3 is 2.36 bits per heavy atom. The zero-order valence-corrected chi connectivity index (χ0v) is 6.85. The van der Waals surface area contributed by atoms with Gasteiger partial charge in [-0.2, -0.15) is 0 Å². The number of hydrogen-bond acceptors (Lipinski definition) is 2. The van der Waals surface area contributed by atoms with Crippen LogP contribution in [0.1, 0.15) is 13.8 Å². The molecular formula is C8H12N2O. The van der Waals surface area contributed by atoms with Crippen molar-refractivity contribution in [2.45, 2.75) is 13.8 Å². The molecule has 0 heterocycles. The molecule has 0 saturated heterocycles. The van der Waals surface area contributed by atoms with Crippen LogP contribution < -0.4 is 5.32 Å². The van der Waals surface area contributed by atoms with E-state index in [2.05, 4.69) is 23.5 Å². The molecule has 0 rings (SSSR count).